The molecule has 1 nitrogen and oxygen atoms in total. The van der Waals surface area contributed by atoms with Crippen molar-refractivity contribution in [2.75, 3.05) is 0 Å². The normalized spacial score (nSPS) is 11.8. The summed E-state index contributed by atoms with van der Waals surface area (Å²) in [6.45, 7) is 0. The van der Waals surface area contributed by atoms with Crippen LogP contribution in [0, 0.1) is 0 Å². The third-order valence-electron chi connectivity index (χ3n) is 9.01. The molecule has 0 N–H and O–H groups in total. The summed E-state index contributed by atoms with van der Waals surface area (Å²) in [7, 11) is 53.3. The van der Waals surface area contributed by atoms with Crippen LogP contribution in [-0.4, -0.2) is 62.8 Å². The lowest BCUT2D eigenvalue weighted by Gasteiger charge is -2.28. The molecule has 0 saturated carbocycles. The van der Waals surface area contributed by atoms with E-state index in [-0.39, 0.29) is 43.7 Å². The summed E-state index contributed by atoms with van der Waals surface area (Å²) in [4.78, 5) is 0. The van der Waals surface area contributed by atoms with Gasteiger partial charge in [0.15, 0.2) is 0 Å². The van der Waals surface area contributed by atoms with Gasteiger partial charge in [0, 0.05) is 10.8 Å². The van der Waals surface area contributed by atoms with Crippen LogP contribution in [-0.2, 0) is 0 Å². The lowest BCUT2D eigenvalue weighted by molar-refractivity contribution is 0.669. The molecule has 0 aliphatic heterocycles. The van der Waals surface area contributed by atoms with Crippen molar-refractivity contribution in [2.24, 2.45) is 0 Å². The third kappa shape index (κ3) is 3.92. The summed E-state index contributed by atoms with van der Waals surface area (Å²) in [5.74, 6) is 0. The highest BCUT2D eigenvalue weighted by atomic mass is 16.3. The third-order valence-corrected chi connectivity index (χ3v) is 9.01. The molecule has 45 heavy (non-hydrogen) atoms. The topological polar surface area (TPSA) is 13.1 Å². The largest absolute Gasteiger partial charge is 0.456 e. The highest BCUT2D eigenvalue weighted by Crippen LogP contribution is 2.42. The van der Waals surface area contributed by atoms with Gasteiger partial charge in [-0.3, -0.25) is 0 Å². The molecule has 0 aliphatic carbocycles. The summed E-state index contributed by atoms with van der Waals surface area (Å²) in [5.41, 5.74) is 6.22. The second-order valence-corrected chi connectivity index (χ2v) is 11.4. The van der Waals surface area contributed by atoms with Gasteiger partial charge in [0.2, 0.25) is 0 Å². The fraction of sp³-hybridized carbons (Fsp3) is 0. The molecular weight excluding hydrogens is 535 g/mol. The molecule has 0 amide bonds. The standard InChI is InChI=1S/C36H14B8O/c37-29-25-23(15-6-2-1-3-7-15)26-28(32(40)36(44)34(42)30(26)38)24(27(25)31(39)35(43)33(29)41)18-10-11-21-19(13-18)20-12-16-8-4-5-9-17(16)14-22(20)45-21/h1-14H. The van der Waals surface area contributed by atoms with Crippen molar-refractivity contribution in [1.82, 2.24) is 0 Å². The van der Waals surface area contributed by atoms with Crippen LogP contribution in [0.4, 0.5) is 0 Å². The Morgan fingerprint density at radius 2 is 0.800 bits per heavy atom. The van der Waals surface area contributed by atoms with E-state index < -0.39 is 0 Å². The first-order valence-electron chi connectivity index (χ1n) is 14.3. The van der Waals surface area contributed by atoms with Crippen molar-refractivity contribution in [2.45, 2.75) is 0 Å². The molecule has 8 rings (SSSR count). The minimum atomic E-state index is 0.177. The van der Waals surface area contributed by atoms with E-state index in [0.29, 0.717) is 32.7 Å². The van der Waals surface area contributed by atoms with E-state index in [2.05, 4.69) is 24.3 Å². The van der Waals surface area contributed by atoms with Gasteiger partial charge in [0.05, 0.1) is 0 Å². The minimum absolute atomic E-state index is 0.177. The molecule has 9 heteroatoms. The Hall–Kier alpha value is -4.36. The van der Waals surface area contributed by atoms with Gasteiger partial charge in [-0.1, -0.05) is 82.5 Å². The Kier molecular flexibility index (Phi) is 6.30. The van der Waals surface area contributed by atoms with Crippen molar-refractivity contribution in [3.05, 3.63) is 84.9 Å². The summed E-state index contributed by atoms with van der Waals surface area (Å²) in [5, 5.41) is 6.40. The van der Waals surface area contributed by atoms with E-state index >= 15 is 0 Å². The molecule has 0 spiro atoms. The molecule has 0 atom stereocenters. The van der Waals surface area contributed by atoms with Crippen LogP contribution in [0.25, 0.3) is 76.5 Å². The van der Waals surface area contributed by atoms with Crippen LogP contribution in [0.3, 0.4) is 0 Å². The van der Waals surface area contributed by atoms with Crippen LogP contribution >= 0.6 is 0 Å². The minimum Gasteiger partial charge on any atom is -0.456 e. The Labute approximate surface area is 271 Å². The lowest BCUT2D eigenvalue weighted by atomic mass is 9.59. The molecule has 1 aromatic heterocycles. The van der Waals surface area contributed by atoms with Gasteiger partial charge in [-0.15, -0.1) is 21.9 Å². The Morgan fingerprint density at radius 3 is 1.33 bits per heavy atom. The lowest BCUT2D eigenvalue weighted by Crippen LogP contribution is -2.50. The zero-order valence-corrected chi connectivity index (χ0v) is 24.1. The highest BCUT2D eigenvalue weighted by molar-refractivity contribution is 6.71. The van der Waals surface area contributed by atoms with E-state index in [9.17, 15) is 0 Å². The molecule has 0 unspecified atom stereocenters. The SMILES string of the molecule is [B]c1c([B])c([B])c2c(-c3ccc4oc5cc6ccccc6cc5c4c3)c3c([B])c([B])c([B])c([B])c3c(-c3ccccc3)c2c1[B]. The molecule has 188 valence electrons. The average Bonchev–Trinajstić information content (AvgIpc) is 3.42. The van der Waals surface area contributed by atoms with E-state index in [0.717, 1.165) is 43.8 Å². The first kappa shape index (κ1) is 28.1. The smallest absolute Gasteiger partial charge is 0.136 e. The molecule has 0 fully saturated rings. The zero-order valence-electron chi connectivity index (χ0n) is 24.1. The number of fused-ring (bicyclic) bond motifs is 6. The first-order chi connectivity index (χ1) is 21.7. The molecule has 0 bridgehead atoms. The van der Waals surface area contributed by atoms with Gasteiger partial charge in [0.1, 0.15) is 73.9 Å². The van der Waals surface area contributed by atoms with Crippen molar-refractivity contribution < 1.29 is 4.42 Å². The summed E-state index contributed by atoms with van der Waals surface area (Å²) >= 11 is 0. The quantitative estimate of drug-likeness (QED) is 0.229. The summed E-state index contributed by atoms with van der Waals surface area (Å²) in [6, 6.07) is 27.9. The molecule has 8 aromatic rings. The second kappa shape index (κ2) is 10.1. The molecule has 16 radical (unpaired) electrons. The number of benzene rings is 7. The molecule has 0 saturated heterocycles. The van der Waals surface area contributed by atoms with Gasteiger partial charge in [-0.05, 0) is 78.8 Å². The van der Waals surface area contributed by atoms with Crippen LogP contribution in [0.2, 0.25) is 0 Å². The summed E-state index contributed by atoms with van der Waals surface area (Å²) < 4.78 is 6.30. The highest BCUT2D eigenvalue weighted by Gasteiger charge is 2.25. The fourth-order valence-corrected chi connectivity index (χ4v) is 6.75. The van der Waals surface area contributed by atoms with Crippen LogP contribution in [0.1, 0.15) is 0 Å². The fourth-order valence-electron chi connectivity index (χ4n) is 6.75. The Balaban J connectivity index is 1.63. The van der Waals surface area contributed by atoms with E-state index in [1.165, 1.54) is 0 Å². The van der Waals surface area contributed by atoms with Gasteiger partial charge in [0.25, 0.3) is 0 Å². The number of rotatable bonds is 2. The van der Waals surface area contributed by atoms with Gasteiger partial charge < -0.3 is 4.42 Å². The number of furan rings is 1. The zero-order chi connectivity index (χ0) is 31.3. The maximum Gasteiger partial charge on any atom is 0.136 e. The molecule has 7 aromatic carbocycles. The van der Waals surface area contributed by atoms with Crippen LogP contribution < -0.4 is 43.7 Å². The number of hydrogen-bond acceptors (Lipinski definition) is 1. The van der Waals surface area contributed by atoms with Crippen LogP contribution in [0.5, 0.6) is 0 Å². The summed E-state index contributed by atoms with van der Waals surface area (Å²) in [6.07, 6.45) is 0. The maximum atomic E-state index is 6.86. The van der Waals surface area contributed by atoms with Gasteiger partial charge in [-0.2, -0.15) is 0 Å². The number of hydrogen-bond donors (Lipinski definition) is 0. The first-order valence-corrected chi connectivity index (χ1v) is 14.3. The average molecular weight is 549 g/mol. The van der Waals surface area contributed by atoms with E-state index in [4.69, 9.17) is 67.2 Å². The van der Waals surface area contributed by atoms with Gasteiger partial charge in [-0.25, -0.2) is 0 Å². The Bertz CT molecular complexity index is 2490. The maximum absolute atomic E-state index is 6.86. The predicted molar refractivity (Wildman–Crippen MR) is 200 cm³/mol. The predicted octanol–water partition coefficient (Wildman–Crippen LogP) is 0.730. The second-order valence-electron chi connectivity index (χ2n) is 11.4. The van der Waals surface area contributed by atoms with Crippen molar-refractivity contribution in [3.63, 3.8) is 0 Å². The molecule has 0 aliphatic rings. The van der Waals surface area contributed by atoms with Crippen molar-refractivity contribution in [3.8, 4) is 22.3 Å². The molecular formula is C36H14B8O. The monoisotopic (exact) mass is 550 g/mol. The van der Waals surface area contributed by atoms with Gasteiger partial charge >= 0.3 is 0 Å². The van der Waals surface area contributed by atoms with Crippen LogP contribution in [0.15, 0.2) is 89.3 Å². The van der Waals surface area contributed by atoms with Crippen molar-refractivity contribution in [1.29, 1.82) is 0 Å². The van der Waals surface area contributed by atoms with E-state index in [1.54, 1.807) is 0 Å². The van der Waals surface area contributed by atoms with Crippen molar-refractivity contribution >= 4 is 161 Å². The van der Waals surface area contributed by atoms with E-state index in [1.807, 2.05) is 60.7 Å². The molecule has 1 heterocycles. The Morgan fingerprint density at radius 1 is 0.356 bits per heavy atom.